The lowest BCUT2D eigenvalue weighted by Gasteiger charge is -2.21. The van der Waals surface area contributed by atoms with Crippen LogP contribution < -0.4 is 9.46 Å². The maximum absolute atomic E-state index is 12.5. The van der Waals surface area contributed by atoms with Gasteiger partial charge in [-0.1, -0.05) is 60.2 Å². The second-order valence-electron chi connectivity index (χ2n) is 6.45. The first-order chi connectivity index (χ1) is 13.5. The first-order valence-electron chi connectivity index (χ1n) is 8.98. The average Bonchev–Trinajstić information content (AvgIpc) is 2.69. The number of aryl methyl sites for hydroxylation is 1. The number of hydrogen-bond acceptors (Lipinski definition) is 3. The SMILES string of the molecule is Cc1ccc(S(=O)(=O)NCCC(Oc2ccccc2Br)c2ccccc2)cc1. The van der Waals surface area contributed by atoms with Gasteiger partial charge in [0.2, 0.25) is 10.0 Å². The third-order valence-electron chi connectivity index (χ3n) is 4.31. The molecule has 1 N–H and O–H groups in total. The smallest absolute Gasteiger partial charge is 0.240 e. The van der Waals surface area contributed by atoms with Crippen LogP contribution in [0.5, 0.6) is 5.75 Å². The number of benzene rings is 3. The Morgan fingerprint density at radius 1 is 0.929 bits per heavy atom. The van der Waals surface area contributed by atoms with Crippen molar-refractivity contribution in [2.75, 3.05) is 6.54 Å². The Balaban J connectivity index is 1.71. The molecular weight excluding hydrogens is 438 g/mol. The van der Waals surface area contributed by atoms with Gasteiger partial charge >= 0.3 is 0 Å². The van der Waals surface area contributed by atoms with Gasteiger partial charge in [0, 0.05) is 13.0 Å². The minimum atomic E-state index is -3.55. The summed E-state index contributed by atoms with van der Waals surface area (Å²) in [6, 6.07) is 24.2. The van der Waals surface area contributed by atoms with Gasteiger partial charge in [0.1, 0.15) is 11.9 Å². The molecular formula is C22H22BrNO3S. The first kappa shape index (κ1) is 20.6. The summed E-state index contributed by atoms with van der Waals surface area (Å²) in [6.07, 6.45) is 0.219. The number of ether oxygens (including phenoxy) is 1. The molecule has 3 aromatic carbocycles. The van der Waals surface area contributed by atoms with Gasteiger partial charge in [0.15, 0.2) is 0 Å². The number of nitrogens with one attached hydrogen (secondary N) is 1. The molecule has 0 amide bonds. The Hall–Kier alpha value is -2.15. The van der Waals surface area contributed by atoms with Crippen molar-refractivity contribution in [3.63, 3.8) is 0 Å². The zero-order valence-electron chi connectivity index (χ0n) is 15.5. The third kappa shape index (κ3) is 5.44. The van der Waals surface area contributed by atoms with Gasteiger partial charge in [-0.2, -0.15) is 0 Å². The fourth-order valence-corrected chi connectivity index (χ4v) is 4.21. The molecule has 28 heavy (non-hydrogen) atoms. The van der Waals surface area contributed by atoms with Gasteiger partial charge < -0.3 is 4.74 Å². The molecule has 0 aliphatic rings. The lowest BCUT2D eigenvalue weighted by molar-refractivity contribution is 0.195. The molecule has 0 fully saturated rings. The fraction of sp³-hybridized carbons (Fsp3) is 0.182. The standard InChI is InChI=1S/C22H22BrNO3S/c1-17-11-13-19(14-12-17)28(25,26)24-16-15-21(18-7-3-2-4-8-18)27-22-10-6-5-9-20(22)23/h2-14,21,24H,15-16H2,1H3. The molecule has 0 saturated carbocycles. The van der Waals surface area contributed by atoms with Gasteiger partial charge in [-0.05, 0) is 52.7 Å². The van der Waals surface area contributed by atoms with Crippen LogP contribution >= 0.6 is 15.9 Å². The molecule has 1 unspecified atom stereocenters. The van der Waals surface area contributed by atoms with Crippen LogP contribution in [-0.4, -0.2) is 15.0 Å². The number of sulfonamides is 1. The van der Waals surface area contributed by atoms with E-state index < -0.39 is 10.0 Å². The molecule has 3 rings (SSSR count). The summed E-state index contributed by atoms with van der Waals surface area (Å²) in [6.45, 7) is 2.19. The third-order valence-corrected chi connectivity index (χ3v) is 6.44. The molecule has 4 nitrogen and oxygen atoms in total. The number of halogens is 1. The van der Waals surface area contributed by atoms with E-state index in [-0.39, 0.29) is 17.5 Å². The van der Waals surface area contributed by atoms with E-state index in [0.29, 0.717) is 6.42 Å². The van der Waals surface area contributed by atoms with Crippen molar-refractivity contribution in [1.82, 2.24) is 4.72 Å². The van der Waals surface area contributed by atoms with Crippen LogP contribution in [0.1, 0.15) is 23.7 Å². The summed E-state index contributed by atoms with van der Waals surface area (Å²) < 4.78 is 34.7. The first-order valence-corrected chi connectivity index (χ1v) is 11.3. The molecule has 0 saturated heterocycles. The van der Waals surface area contributed by atoms with Crippen LogP contribution in [0, 0.1) is 6.92 Å². The predicted molar refractivity (Wildman–Crippen MR) is 115 cm³/mol. The summed E-state index contributed by atoms with van der Waals surface area (Å²) in [5.74, 6) is 0.720. The highest BCUT2D eigenvalue weighted by molar-refractivity contribution is 9.10. The van der Waals surface area contributed by atoms with Gasteiger partial charge in [0.25, 0.3) is 0 Å². The van der Waals surface area contributed by atoms with Crippen molar-refractivity contribution < 1.29 is 13.2 Å². The molecule has 0 aromatic heterocycles. The minimum absolute atomic E-state index is 0.264. The average molecular weight is 460 g/mol. The zero-order valence-corrected chi connectivity index (χ0v) is 17.9. The fourth-order valence-electron chi connectivity index (χ4n) is 2.78. The second kappa shape index (κ2) is 9.37. The Labute approximate surface area is 174 Å². The topological polar surface area (TPSA) is 55.4 Å². The Bertz CT molecular complexity index is 1010. The van der Waals surface area contributed by atoms with Gasteiger partial charge in [-0.3, -0.25) is 0 Å². The number of rotatable bonds is 8. The highest BCUT2D eigenvalue weighted by atomic mass is 79.9. The largest absolute Gasteiger partial charge is 0.485 e. The molecule has 0 bridgehead atoms. The Kier molecular flexibility index (Phi) is 6.88. The monoisotopic (exact) mass is 459 g/mol. The maximum atomic E-state index is 12.5. The van der Waals surface area contributed by atoms with Crippen molar-refractivity contribution in [3.05, 3.63) is 94.5 Å². The summed E-state index contributed by atoms with van der Waals surface area (Å²) >= 11 is 3.50. The van der Waals surface area contributed by atoms with E-state index in [2.05, 4.69) is 20.7 Å². The van der Waals surface area contributed by atoms with E-state index in [1.807, 2.05) is 61.5 Å². The van der Waals surface area contributed by atoms with E-state index in [1.54, 1.807) is 24.3 Å². The van der Waals surface area contributed by atoms with Gasteiger partial charge in [0.05, 0.1) is 9.37 Å². The number of hydrogen-bond donors (Lipinski definition) is 1. The minimum Gasteiger partial charge on any atom is -0.485 e. The summed E-state index contributed by atoms with van der Waals surface area (Å²) in [7, 11) is -3.55. The van der Waals surface area contributed by atoms with Crippen molar-refractivity contribution in [3.8, 4) is 5.75 Å². The normalized spacial score (nSPS) is 12.5. The van der Waals surface area contributed by atoms with Gasteiger partial charge in [-0.25, -0.2) is 13.1 Å². The summed E-state index contributed by atoms with van der Waals surface area (Å²) in [5, 5.41) is 0. The molecule has 0 spiro atoms. The molecule has 6 heteroatoms. The second-order valence-corrected chi connectivity index (χ2v) is 9.07. The predicted octanol–water partition coefficient (Wildman–Crippen LogP) is 5.25. The molecule has 0 aliphatic carbocycles. The van der Waals surface area contributed by atoms with Crippen molar-refractivity contribution >= 4 is 26.0 Å². The van der Waals surface area contributed by atoms with Gasteiger partial charge in [-0.15, -0.1) is 0 Å². The van der Waals surface area contributed by atoms with E-state index >= 15 is 0 Å². The molecule has 1 atom stereocenters. The van der Waals surface area contributed by atoms with E-state index in [0.717, 1.165) is 21.3 Å². The van der Waals surface area contributed by atoms with Crippen LogP contribution in [0.15, 0.2) is 88.2 Å². The van der Waals surface area contributed by atoms with Crippen molar-refractivity contribution in [2.45, 2.75) is 24.3 Å². The van der Waals surface area contributed by atoms with Crippen LogP contribution in [0.25, 0.3) is 0 Å². The van der Waals surface area contributed by atoms with Crippen LogP contribution in [0.4, 0.5) is 0 Å². The molecule has 0 aliphatic heterocycles. The highest BCUT2D eigenvalue weighted by Crippen LogP contribution is 2.30. The quantitative estimate of drug-likeness (QED) is 0.500. The van der Waals surface area contributed by atoms with E-state index in [4.69, 9.17) is 4.74 Å². The summed E-state index contributed by atoms with van der Waals surface area (Å²) in [4.78, 5) is 0.265. The number of para-hydroxylation sites is 1. The highest BCUT2D eigenvalue weighted by Gasteiger charge is 2.18. The van der Waals surface area contributed by atoms with Crippen LogP contribution in [0.2, 0.25) is 0 Å². The summed E-state index contributed by atoms with van der Waals surface area (Å²) in [5.41, 5.74) is 2.01. The van der Waals surface area contributed by atoms with Crippen LogP contribution in [-0.2, 0) is 10.0 Å². The molecule has 3 aromatic rings. The molecule has 0 heterocycles. The lowest BCUT2D eigenvalue weighted by Crippen LogP contribution is -2.27. The maximum Gasteiger partial charge on any atom is 0.240 e. The van der Waals surface area contributed by atoms with E-state index in [9.17, 15) is 8.42 Å². The zero-order chi connectivity index (χ0) is 20.0. The Morgan fingerprint density at radius 3 is 2.25 bits per heavy atom. The Morgan fingerprint density at radius 2 is 1.57 bits per heavy atom. The molecule has 146 valence electrons. The van der Waals surface area contributed by atoms with Crippen molar-refractivity contribution in [1.29, 1.82) is 0 Å². The van der Waals surface area contributed by atoms with E-state index in [1.165, 1.54) is 0 Å². The van der Waals surface area contributed by atoms with Crippen LogP contribution in [0.3, 0.4) is 0 Å². The van der Waals surface area contributed by atoms with Crippen molar-refractivity contribution in [2.24, 2.45) is 0 Å². The lowest BCUT2D eigenvalue weighted by atomic mass is 10.1. The molecule has 0 radical (unpaired) electrons.